The summed E-state index contributed by atoms with van der Waals surface area (Å²) in [4.78, 5) is 16.8. The Labute approximate surface area is 179 Å². The first-order valence-corrected chi connectivity index (χ1v) is 11.4. The number of nitrogens with one attached hydrogen (secondary N) is 2. The molecule has 1 amide bonds. The quantitative estimate of drug-likeness (QED) is 0.426. The van der Waals surface area contributed by atoms with Crippen LogP contribution in [-0.2, 0) is 17.9 Å². The molecule has 4 aromatic rings. The lowest BCUT2D eigenvalue weighted by molar-refractivity contribution is -0.918. The smallest absolute Gasteiger partial charge is 0.279 e. The minimum atomic E-state index is 0.0384. The maximum Gasteiger partial charge on any atom is 0.279 e. The summed E-state index contributed by atoms with van der Waals surface area (Å²) in [7, 11) is 0. The van der Waals surface area contributed by atoms with Gasteiger partial charge in [-0.15, -0.1) is 22.7 Å². The van der Waals surface area contributed by atoms with Crippen molar-refractivity contribution in [2.75, 3.05) is 11.9 Å². The number of carbonyl (C=O) groups excluding carboxylic acids is 1. The zero-order valence-electron chi connectivity index (χ0n) is 16.0. The number of hydrogen-bond donors (Lipinski definition) is 2. The van der Waals surface area contributed by atoms with Gasteiger partial charge < -0.3 is 10.2 Å². The van der Waals surface area contributed by atoms with Gasteiger partial charge in [0.25, 0.3) is 5.91 Å². The third-order valence-corrected chi connectivity index (χ3v) is 6.46. The molecule has 2 heterocycles. The Hall–Kier alpha value is -2.73. The number of quaternary nitrogens is 1. The monoisotopic (exact) mass is 419 g/mol. The summed E-state index contributed by atoms with van der Waals surface area (Å²) in [5, 5.41) is 7.33. The third-order valence-electron chi connectivity index (χ3n) is 4.71. The molecular weight excluding hydrogens is 396 g/mol. The summed E-state index contributed by atoms with van der Waals surface area (Å²) in [6.45, 7) is 2.13. The standard InChI is InChI=1S/C24H22N2OS2/c27-24(25-23-13-5-4-12-22(23)19-8-2-1-3-9-19)18-26(16-20-10-6-14-28-20)17-21-11-7-15-29-21/h1-15H,16-18H2,(H,25,27)/p+1. The van der Waals surface area contributed by atoms with Crippen LogP contribution >= 0.6 is 22.7 Å². The van der Waals surface area contributed by atoms with E-state index in [0.717, 1.165) is 29.9 Å². The second kappa shape index (κ2) is 9.65. The van der Waals surface area contributed by atoms with Crippen molar-refractivity contribution in [2.45, 2.75) is 13.1 Å². The topological polar surface area (TPSA) is 33.5 Å². The second-order valence-corrected chi connectivity index (χ2v) is 8.96. The summed E-state index contributed by atoms with van der Waals surface area (Å²) >= 11 is 3.49. The summed E-state index contributed by atoms with van der Waals surface area (Å²) in [6, 6.07) is 26.6. The lowest BCUT2D eigenvalue weighted by atomic mass is 10.0. The van der Waals surface area contributed by atoms with Crippen LogP contribution < -0.4 is 10.2 Å². The van der Waals surface area contributed by atoms with Crippen LogP contribution in [0.1, 0.15) is 9.75 Å². The van der Waals surface area contributed by atoms with Crippen molar-refractivity contribution < 1.29 is 9.69 Å². The fourth-order valence-electron chi connectivity index (χ4n) is 3.39. The Bertz CT molecular complexity index is 992. The number of benzene rings is 2. The zero-order chi connectivity index (χ0) is 19.9. The predicted octanol–water partition coefficient (Wildman–Crippen LogP) is 4.70. The Balaban J connectivity index is 1.48. The average molecular weight is 420 g/mol. The molecule has 0 bridgehead atoms. The van der Waals surface area contributed by atoms with Crippen molar-refractivity contribution in [3.05, 3.63) is 99.4 Å². The summed E-state index contributed by atoms with van der Waals surface area (Å²) in [5.41, 5.74) is 3.00. The van der Waals surface area contributed by atoms with Crippen LogP contribution in [-0.4, -0.2) is 12.5 Å². The lowest BCUT2D eigenvalue weighted by Crippen LogP contribution is -3.10. The van der Waals surface area contributed by atoms with Crippen LogP contribution in [0.4, 0.5) is 5.69 Å². The molecule has 3 nitrogen and oxygen atoms in total. The van der Waals surface area contributed by atoms with Crippen LogP contribution in [0.25, 0.3) is 11.1 Å². The first kappa shape index (κ1) is 19.6. The molecule has 2 N–H and O–H groups in total. The van der Waals surface area contributed by atoms with Gasteiger partial charge in [0.15, 0.2) is 6.54 Å². The van der Waals surface area contributed by atoms with Crippen LogP contribution in [0.15, 0.2) is 89.6 Å². The largest absolute Gasteiger partial charge is 0.321 e. The molecule has 146 valence electrons. The fourth-order valence-corrected chi connectivity index (χ4v) is 4.94. The van der Waals surface area contributed by atoms with Crippen molar-refractivity contribution in [3.8, 4) is 11.1 Å². The van der Waals surface area contributed by atoms with E-state index in [1.54, 1.807) is 22.7 Å². The van der Waals surface area contributed by atoms with E-state index in [1.165, 1.54) is 14.7 Å². The van der Waals surface area contributed by atoms with Crippen LogP contribution in [0.3, 0.4) is 0 Å². The number of rotatable bonds is 8. The first-order chi connectivity index (χ1) is 14.3. The lowest BCUT2D eigenvalue weighted by Gasteiger charge is -2.18. The maximum atomic E-state index is 12.9. The normalized spacial score (nSPS) is 10.9. The SMILES string of the molecule is O=C(C[NH+](Cc1cccs1)Cc1cccs1)Nc1ccccc1-c1ccccc1. The van der Waals surface area contributed by atoms with Gasteiger partial charge in [0.2, 0.25) is 0 Å². The highest BCUT2D eigenvalue weighted by atomic mass is 32.1. The average Bonchev–Trinajstić information content (AvgIpc) is 3.43. The van der Waals surface area contributed by atoms with Gasteiger partial charge in [-0.2, -0.15) is 0 Å². The summed E-state index contributed by atoms with van der Waals surface area (Å²) in [5.74, 6) is 0.0384. The molecule has 0 fully saturated rings. The molecule has 0 aliphatic heterocycles. The van der Waals surface area contributed by atoms with Gasteiger partial charge in [0.05, 0.1) is 9.75 Å². The molecule has 2 aromatic heterocycles. The van der Waals surface area contributed by atoms with Gasteiger partial charge in [0.1, 0.15) is 13.1 Å². The molecule has 0 aliphatic rings. The van der Waals surface area contributed by atoms with Crippen molar-refractivity contribution >= 4 is 34.3 Å². The highest BCUT2D eigenvalue weighted by Gasteiger charge is 2.18. The summed E-state index contributed by atoms with van der Waals surface area (Å²) in [6.07, 6.45) is 0. The van der Waals surface area contributed by atoms with Crippen molar-refractivity contribution in [1.82, 2.24) is 0 Å². The molecule has 0 unspecified atom stereocenters. The van der Waals surface area contributed by atoms with Gasteiger partial charge in [0, 0.05) is 11.3 Å². The van der Waals surface area contributed by atoms with E-state index in [9.17, 15) is 4.79 Å². The van der Waals surface area contributed by atoms with E-state index in [2.05, 4.69) is 52.5 Å². The van der Waals surface area contributed by atoms with E-state index >= 15 is 0 Å². The molecule has 0 saturated carbocycles. The van der Waals surface area contributed by atoms with E-state index in [-0.39, 0.29) is 5.91 Å². The fraction of sp³-hybridized carbons (Fsp3) is 0.125. The van der Waals surface area contributed by atoms with Gasteiger partial charge in [-0.05, 0) is 34.5 Å². The van der Waals surface area contributed by atoms with Crippen molar-refractivity contribution in [2.24, 2.45) is 0 Å². The number of hydrogen-bond acceptors (Lipinski definition) is 3. The number of amides is 1. The molecule has 4 rings (SSSR count). The second-order valence-electron chi connectivity index (χ2n) is 6.90. The molecule has 0 spiro atoms. The number of para-hydroxylation sites is 1. The van der Waals surface area contributed by atoms with Crippen LogP contribution in [0.2, 0.25) is 0 Å². The minimum Gasteiger partial charge on any atom is -0.321 e. The predicted molar refractivity (Wildman–Crippen MR) is 122 cm³/mol. The van der Waals surface area contributed by atoms with Gasteiger partial charge >= 0.3 is 0 Å². The third kappa shape index (κ3) is 5.41. The van der Waals surface area contributed by atoms with Crippen LogP contribution in [0, 0.1) is 0 Å². The maximum absolute atomic E-state index is 12.9. The molecule has 0 aliphatic carbocycles. The molecule has 2 aromatic carbocycles. The minimum absolute atomic E-state index is 0.0384. The van der Waals surface area contributed by atoms with Crippen molar-refractivity contribution in [3.63, 3.8) is 0 Å². The Morgan fingerprint density at radius 3 is 2.00 bits per heavy atom. The van der Waals surface area contributed by atoms with Gasteiger partial charge in [-0.1, -0.05) is 60.7 Å². The van der Waals surface area contributed by atoms with E-state index in [4.69, 9.17) is 0 Å². The van der Waals surface area contributed by atoms with Crippen LogP contribution in [0.5, 0.6) is 0 Å². The highest BCUT2D eigenvalue weighted by molar-refractivity contribution is 7.10. The Kier molecular flexibility index (Phi) is 6.52. The summed E-state index contributed by atoms with van der Waals surface area (Å²) < 4.78 is 0. The van der Waals surface area contributed by atoms with E-state index < -0.39 is 0 Å². The van der Waals surface area contributed by atoms with Gasteiger partial charge in [-0.3, -0.25) is 4.79 Å². The molecule has 0 radical (unpaired) electrons. The molecule has 5 heteroatoms. The number of thiophene rings is 2. The molecule has 0 atom stereocenters. The van der Waals surface area contributed by atoms with E-state index in [1.807, 2.05) is 42.5 Å². The van der Waals surface area contributed by atoms with E-state index in [0.29, 0.717) is 6.54 Å². The van der Waals surface area contributed by atoms with Crippen molar-refractivity contribution in [1.29, 1.82) is 0 Å². The molecule has 0 saturated heterocycles. The number of anilines is 1. The zero-order valence-corrected chi connectivity index (χ0v) is 17.6. The first-order valence-electron chi connectivity index (χ1n) is 9.60. The Morgan fingerprint density at radius 1 is 0.759 bits per heavy atom. The highest BCUT2D eigenvalue weighted by Crippen LogP contribution is 2.27. The Morgan fingerprint density at radius 2 is 1.38 bits per heavy atom. The molecular formula is C24H23N2OS2+. The number of carbonyl (C=O) groups is 1. The van der Waals surface area contributed by atoms with Gasteiger partial charge in [-0.25, -0.2) is 0 Å². The molecule has 29 heavy (non-hydrogen) atoms.